The highest BCUT2D eigenvalue weighted by atomic mass is 32.2. The SMILES string of the molecule is COC(=O)N1c2ccc3c(nc(Cc4ccccc4)n3CCN3CCN(S(C)(=O)=O)CC3)c2CC[C@@H]1C. The Morgan fingerprint density at radius 2 is 1.78 bits per heavy atom. The van der Waals surface area contributed by atoms with Crippen molar-refractivity contribution in [2.45, 2.75) is 38.8 Å². The van der Waals surface area contributed by atoms with Gasteiger partial charge in [0.2, 0.25) is 10.0 Å². The van der Waals surface area contributed by atoms with Crippen LogP contribution in [0.5, 0.6) is 0 Å². The fourth-order valence-corrected chi connectivity index (χ4v) is 6.37. The van der Waals surface area contributed by atoms with E-state index < -0.39 is 10.0 Å². The van der Waals surface area contributed by atoms with E-state index in [1.165, 1.54) is 18.9 Å². The standard InChI is InChI=1S/C27H35N5O4S/c1-20-9-10-22-23(32(20)27(33)36-2)11-12-24-26(22)28-25(19-21-7-5-4-6-8-21)31(24)18-15-29-13-16-30(17-14-29)37(3,34)35/h4-8,11-12,20H,9-10,13-19H2,1-3H3/t20-/m0/s1. The van der Waals surface area contributed by atoms with E-state index in [2.05, 4.69) is 27.7 Å². The van der Waals surface area contributed by atoms with Crippen molar-refractivity contribution in [1.82, 2.24) is 18.8 Å². The van der Waals surface area contributed by atoms with Gasteiger partial charge in [-0.1, -0.05) is 30.3 Å². The third-order valence-corrected chi connectivity index (χ3v) is 8.91. The molecule has 3 heterocycles. The van der Waals surface area contributed by atoms with Crippen molar-refractivity contribution in [2.24, 2.45) is 0 Å². The highest BCUT2D eigenvalue weighted by Crippen LogP contribution is 2.36. The van der Waals surface area contributed by atoms with Crippen LogP contribution in [0.4, 0.5) is 10.5 Å². The van der Waals surface area contributed by atoms with E-state index in [4.69, 9.17) is 9.72 Å². The first-order valence-corrected chi connectivity index (χ1v) is 14.7. The summed E-state index contributed by atoms with van der Waals surface area (Å²) in [5, 5.41) is 0. The van der Waals surface area contributed by atoms with Crippen LogP contribution in [0.15, 0.2) is 42.5 Å². The molecule has 3 aromatic rings. The zero-order valence-corrected chi connectivity index (χ0v) is 22.6. The van der Waals surface area contributed by atoms with E-state index in [-0.39, 0.29) is 12.1 Å². The lowest BCUT2D eigenvalue weighted by molar-refractivity contribution is 0.175. The zero-order chi connectivity index (χ0) is 26.2. The van der Waals surface area contributed by atoms with Gasteiger partial charge < -0.3 is 9.30 Å². The molecule has 5 rings (SSSR count). The molecule has 10 heteroatoms. The van der Waals surface area contributed by atoms with Crippen LogP contribution in [0.1, 0.15) is 30.3 Å². The average Bonchev–Trinajstić information content (AvgIpc) is 3.24. The molecule has 1 amide bonds. The molecule has 9 nitrogen and oxygen atoms in total. The summed E-state index contributed by atoms with van der Waals surface area (Å²) < 4.78 is 32.7. The van der Waals surface area contributed by atoms with Crippen molar-refractivity contribution < 1.29 is 17.9 Å². The van der Waals surface area contributed by atoms with E-state index in [1.54, 1.807) is 9.21 Å². The lowest BCUT2D eigenvalue weighted by atomic mass is 9.96. The number of carbonyl (C=O) groups excluding carboxylic acids is 1. The Bertz CT molecular complexity index is 1380. The number of anilines is 1. The molecule has 0 radical (unpaired) electrons. The number of imidazole rings is 1. The Hall–Kier alpha value is -2.95. The Morgan fingerprint density at radius 1 is 1.05 bits per heavy atom. The minimum absolute atomic E-state index is 0.0638. The van der Waals surface area contributed by atoms with Gasteiger partial charge in [0, 0.05) is 57.3 Å². The van der Waals surface area contributed by atoms with Gasteiger partial charge in [-0.2, -0.15) is 4.31 Å². The lowest BCUT2D eigenvalue weighted by Gasteiger charge is -2.34. The Kier molecular flexibility index (Phi) is 7.24. The normalized spacial score (nSPS) is 19.2. The summed E-state index contributed by atoms with van der Waals surface area (Å²) in [7, 11) is -1.73. The molecule has 0 unspecified atom stereocenters. The second kappa shape index (κ2) is 10.4. The molecule has 1 fully saturated rings. The smallest absolute Gasteiger partial charge is 0.414 e. The molecule has 0 N–H and O–H groups in total. The second-order valence-corrected chi connectivity index (χ2v) is 12.0. The summed E-state index contributed by atoms with van der Waals surface area (Å²) >= 11 is 0. The third-order valence-electron chi connectivity index (χ3n) is 7.61. The van der Waals surface area contributed by atoms with Crippen LogP contribution in [-0.2, 0) is 34.1 Å². The quantitative estimate of drug-likeness (QED) is 0.492. The first kappa shape index (κ1) is 25.7. The number of fused-ring (bicyclic) bond motifs is 3. The van der Waals surface area contributed by atoms with Crippen LogP contribution < -0.4 is 4.90 Å². The maximum atomic E-state index is 12.6. The first-order chi connectivity index (χ1) is 17.8. The number of benzene rings is 2. The molecule has 2 aliphatic rings. The highest BCUT2D eigenvalue weighted by molar-refractivity contribution is 7.88. The molecule has 1 saturated heterocycles. The molecule has 0 saturated carbocycles. The van der Waals surface area contributed by atoms with Crippen LogP contribution in [0.2, 0.25) is 0 Å². The van der Waals surface area contributed by atoms with Gasteiger partial charge in [-0.05, 0) is 37.5 Å². The zero-order valence-electron chi connectivity index (χ0n) is 21.8. The minimum atomic E-state index is -3.15. The van der Waals surface area contributed by atoms with Gasteiger partial charge in [-0.25, -0.2) is 18.2 Å². The maximum absolute atomic E-state index is 12.6. The van der Waals surface area contributed by atoms with Crippen molar-refractivity contribution in [3.63, 3.8) is 0 Å². The number of carbonyl (C=O) groups is 1. The fraction of sp³-hybridized carbons (Fsp3) is 0.481. The Morgan fingerprint density at radius 3 is 2.46 bits per heavy atom. The molecule has 1 atom stereocenters. The van der Waals surface area contributed by atoms with Crippen molar-refractivity contribution in [3.05, 3.63) is 59.4 Å². The summed E-state index contributed by atoms with van der Waals surface area (Å²) in [6, 6.07) is 14.5. The van der Waals surface area contributed by atoms with Crippen LogP contribution in [0, 0.1) is 0 Å². The number of aryl methyl sites for hydroxylation is 1. The molecule has 37 heavy (non-hydrogen) atoms. The van der Waals surface area contributed by atoms with Crippen LogP contribution in [0.3, 0.4) is 0 Å². The van der Waals surface area contributed by atoms with Crippen molar-refractivity contribution in [2.75, 3.05) is 51.0 Å². The number of ether oxygens (including phenoxy) is 1. The summed E-state index contributed by atoms with van der Waals surface area (Å²) in [5.41, 5.74) is 5.19. The summed E-state index contributed by atoms with van der Waals surface area (Å²) in [6.07, 6.45) is 3.36. The van der Waals surface area contributed by atoms with Crippen LogP contribution >= 0.6 is 0 Å². The van der Waals surface area contributed by atoms with Crippen molar-refractivity contribution >= 4 is 32.8 Å². The van der Waals surface area contributed by atoms with Crippen molar-refractivity contribution in [3.8, 4) is 0 Å². The van der Waals surface area contributed by atoms with Gasteiger partial charge >= 0.3 is 6.09 Å². The van der Waals surface area contributed by atoms with Crippen LogP contribution in [-0.4, -0.2) is 85.4 Å². The van der Waals surface area contributed by atoms with Gasteiger partial charge in [0.25, 0.3) is 0 Å². The predicted molar refractivity (Wildman–Crippen MR) is 145 cm³/mol. The molecular formula is C27H35N5O4S. The predicted octanol–water partition coefficient (Wildman–Crippen LogP) is 3.11. The number of piperazine rings is 1. The van der Waals surface area contributed by atoms with Crippen molar-refractivity contribution in [1.29, 1.82) is 0 Å². The number of methoxy groups -OCH3 is 1. The Labute approximate surface area is 218 Å². The van der Waals surface area contributed by atoms with Gasteiger partial charge in [0.1, 0.15) is 5.82 Å². The summed E-state index contributed by atoms with van der Waals surface area (Å²) in [6.45, 7) is 6.10. The summed E-state index contributed by atoms with van der Waals surface area (Å²) in [4.78, 5) is 21.8. The topological polar surface area (TPSA) is 88.0 Å². The number of nitrogens with zero attached hydrogens (tertiary/aromatic N) is 5. The maximum Gasteiger partial charge on any atom is 0.414 e. The van der Waals surface area contributed by atoms with E-state index in [9.17, 15) is 13.2 Å². The number of hydrogen-bond acceptors (Lipinski definition) is 6. The number of hydrogen-bond donors (Lipinski definition) is 0. The monoisotopic (exact) mass is 525 g/mol. The summed E-state index contributed by atoms with van der Waals surface area (Å²) in [5.74, 6) is 0.993. The fourth-order valence-electron chi connectivity index (χ4n) is 5.54. The van der Waals surface area contributed by atoms with E-state index >= 15 is 0 Å². The van der Waals surface area contributed by atoms with Gasteiger partial charge in [0.15, 0.2) is 0 Å². The molecular weight excluding hydrogens is 490 g/mol. The molecule has 0 spiro atoms. The van der Waals surface area contributed by atoms with E-state index in [1.807, 2.05) is 31.2 Å². The highest BCUT2D eigenvalue weighted by Gasteiger charge is 2.31. The minimum Gasteiger partial charge on any atom is -0.452 e. The van der Waals surface area contributed by atoms with Gasteiger partial charge in [0.05, 0.1) is 30.1 Å². The number of aromatic nitrogens is 2. The molecule has 0 bridgehead atoms. The second-order valence-electron chi connectivity index (χ2n) is 10.0. The van der Waals surface area contributed by atoms with E-state index in [0.29, 0.717) is 19.5 Å². The number of sulfonamides is 1. The van der Waals surface area contributed by atoms with Gasteiger partial charge in [-0.15, -0.1) is 0 Å². The van der Waals surface area contributed by atoms with E-state index in [0.717, 1.165) is 67.1 Å². The average molecular weight is 526 g/mol. The molecule has 0 aliphatic carbocycles. The Balaban J connectivity index is 1.47. The first-order valence-electron chi connectivity index (χ1n) is 12.9. The van der Waals surface area contributed by atoms with Crippen LogP contribution in [0.25, 0.3) is 11.0 Å². The van der Waals surface area contributed by atoms with Gasteiger partial charge in [-0.3, -0.25) is 9.80 Å². The molecule has 2 aromatic carbocycles. The third kappa shape index (κ3) is 5.23. The molecule has 1 aromatic heterocycles. The largest absolute Gasteiger partial charge is 0.452 e. The number of amides is 1. The molecule has 2 aliphatic heterocycles. The number of rotatable bonds is 6. The molecule has 198 valence electrons. The lowest BCUT2D eigenvalue weighted by Crippen LogP contribution is -2.48.